The molecule has 0 spiro atoms. The molecule has 1 aromatic rings. The van der Waals surface area contributed by atoms with Crippen molar-refractivity contribution in [3.8, 4) is 0 Å². The van der Waals surface area contributed by atoms with Crippen LogP contribution in [0.3, 0.4) is 0 Å². The van der Waals surface area contributed by atoms with Gasteiger partial charge in [0, 0.05) is 10.8 Å². The van der Waals surface area contributed by atoms with Crippen molar-refractivity contribution in [3.05, 3.63) is 10.8 Å². The minimum Gasteiger partial charge on any atom is -0.305 e. The molecule has 0 bridgehead atoms. The van der Waals surface area contributed by atoms with E-state index in [1.165, 1.54) is 11.3 Å². The van der Waals surface area contributed by atoms with Gasteiger partial charge in [0.2, 0.25) is 0 Å². The van der Waals surface area contributed by atoms with Crippen molar-refractivity contribution in [2.45, 2.75) is 53.4 Å². The summed E-state index contributed by atoms with van der Waals surface area (Å²) in [6, 6.07) is 0. The molecule has 0 radical (unpaired) electrons. The molecule has 6 nitrogen and oxygen atoms in total. The van der Waals surface area contributed by atoms with Gasteiger partial charge in [0.05, 0.1) is 37.0 Å². The Balaban J connectivity index is 3.17. The van der Waals surface area contributed by atoms with Crippen LogP contribution in [0.4, 0.5) is 0 Å². The highest BCUT2D eigenvalue weighted by atomic mass is 32.1. The number of unbranched alkanes of at least 4 members (excludes halogenated alkanes) is 2. The minimum absolute atomic E-state index is 0.230. The maximum atomic E-state index is 13.3. The van der Waals surface area contributed by atoms with Gasteiger partial charge in [-0.2, -0.15) is 11.3 Å². The highest BCUT2D eigenvalue weighted by molar-refractivity contribution is 7.69. The Bertz CT molecular complexity index is 540. The smallest absolute Gasteiger partial charge is 0.305 e. The van der Waals surface area contributed by atoms with E-state index in [2.05, 4.69) is 0 Å². The summed E-state index contributed by atoms with van der Waals surface area (Å²) in [6.45, 7) is 8.65. The molecule has 1 rings (SSSR count). The molecule has 0 saturated carbocycles. The van der Waals surface area contributed by atoms with Crippen LogP contribution in [0.15, 0.2) is 10.8 Å². The van der Waals surface area contributed by atoms with Crippen molar-refractivity contribution in [2.24, 2.45) is 0 Å². The van der Waals surface area contributed by atoms with E-state index in [0.717, 1.165) is 25.7 Å². The lowest BCUT2D eigenvalue weighted by atomic mass is 10.4. The Hall–Kier alpha value is -0.0000000000000000416. The Morgan fingerprint density at radius 3 is 1.48 bits per heavy atom. The van der Waals surface area contributed by atoms with Crippen LogP contribution < -0.4 is 10.6 Å². The van der Waals surface area contributed by atoms with Crippen LogP contribution in [0.25, 0.3) is 0 Å². The fourth-order valence-corrected chi connectivity index (χ4v) is 7.75. The van der Waals surface area contributed by atoms with Crippen molar-refractivity contribution in [2.75, 3.05) is 26.4 Å². The van der Waals surface area contributed by atoms with Crippen LogP contribution in [0.5, 0.6) is 0 Å². The maximum Gasteiger partial charge on any atom is 0.363 e. The minimum atomic E-state index is -3.57. The normalized spacial score (nSPS) is 16.5. The largest absolute Gasteiger partial charge is 0.363 e. The van der Waals surface area contributed by atoms with Gasteiger partial charge in [-0.3, -0.25) is 9.13 Å². The van der Waals surface area contributed by atoms with Gasteiger partial charge in [0.1, 0.15) is 0 Å². The molecule has 0 N–H and O–H groups in total. The lowest BCUT2D eigenvalue weighted by Crippen LogP contribution is -2.26. The first-order chi connectivity index (χ1) is 12.0. The second-order valence-corrected chi connectivity index (χ2v) is 10.1. The predicted octanol–water partition coefficient (Wildman–Crippen LogP) is 5.09. The molecule has 9 heteroatoms. The number of rotatable bonds is 14. The van der Waals surface area contributed by atoms with E-state index in [1.54, 1.807) is 24.6 Å². The first-order valence-electron chi connectivity index (χ1n) is 8.82. The summed E-state index contributed by atoms with van der Waals surface area (Å²) in [5.41, 5.74) is 0. The van der Waals surface area contributed by atoms with Crippen molar-refractivity contribution in [1.29, 1.82) is 0 Å². The zero-order valence-corrected chi connectivity index (χ0v) is 18.2. The van der Waals surface area contributed by atoms with Crippen LogP contribution >= 0.6 is 26.5 Å². The fourth-order valence-electron chi connectivity index (χ4n) is 2.04. The number of thiophene rings is 1. The van der Waals surface area contributed by atoms with Crippen molar-refractivity contribution in [1.82, 2.24) is 0 Å². The summed E-state index contributed by atoms with van der Waals surface area (Å²) in [6.07, 6.45) is 3.37. The van der Waals surface area contributed by atoms with Gasteiger partial charge in [0.25, 0.3) is 0 Å². The molecule has 0 aromatic carbocycles. The van der Waals surface area contributed by atoms with Gasteiger partial charge in [-0.15, -0.1) is 0 Å². The summed E-state index contributed by atoms with van der Waals surface area (Å²) >= 11 is 1.29. The molecular formula is C16H30O6P2S. The molecule has 0 amide bonds. The van der Waals surface area contributed by atoms with E-state index < -0.39 is 15.2 Å². The molecule has 1 heterocycles. The third-order valence-electron chi connectivity index (χ3n) is 3.33. The second-order valence-electron chi connectivity index (χ2n) is 5.35. The molecule has 0 aliphatic rings. The van der Waals surface area contributed by atoms with E-state index in [1.807, 2.05) is 13.8 Å². The van der Waals surface area contributed by atoms with Crippen molar-refractivity contribution >= 4 is 37.1 Å². The molecule has 0 saturated heterocycles. The molecule has 2 unspecified atom stereocenters. The van der Waals surface area contributed by atoms with Gasteiger partial charge in [-0.1, -0.05) is 26.7 Å². The van der Waals surface area contributed by atoms with E-state index in [0.29, 0.717) is 23.8 Å². The summed E-state index contributed by atoms with van der Waals surface area (Å²) in [7, 11) is -7.14. The molecule has 25 heavy (non-hydrogen) atoms. The summed E-state index contributed by atoms with van der Waals surface area (Å²) in [4.78, 5) is 0. The zero-order valence-electron chi connectivity index (χ0n) is 15.6. The summed E-state index contributed by atoms with van der Waals surface area (Å²) in [5.74, 6) is 0. The molecule has 0 aliphatic heterocycles. The third-order valence-corrected chi connectivity index (χ3v) is 8.76. The maximum absolute atomic E-state index is 13.3. The van der Waals surface area contributed by atoms with E-state index in [-0.39, 0.29) is 13.2 Å². The number of hydrogen-bond donors (Lipinski definition) is 0. The lowest BCUT2D eigenvalue weighted by Gasteiger charge is -2.22. The van der Waals surface area contributed by atoms with Crippen LogP contribution in [-0.4, -0.2) is 26.4 Å². The fraction of sp³-hybridized carbons (Fsp3) is 0.750. The molecular weight excluding hydrogens is 382 g/mol. The third kappa shape index (κ3) is 6.59. The van der Waals surface area contributed by atoms with Crippen molar-refractivity contribution in [3.63, 3.8) is 0 Å². The molecule has 0 aliphatic carbocycles. The first-order valence-corrected chi connectivity index (χ1v) is 12.9. The Morgan fingerprint density at radius 2 is 1.16 bits per heavy atom. The average Bonchev–Trinajstić information content (AvgIpc) is 3.07. The highest BCUT2D eigenvalue weighted by Crippen LogP contribution is 2.53. The van der Waals surface area contributed by atoms with Gasteiger partial charge in [-0.05, 0) is 26.7 Å². The first kappa shape index (κ1) is 23.0. The zero-order chi connectivity index (χ0) is 18.8. The molecule has 2 atom stereocenters. The second kappa shape index (κ2) is 11.7. The van der Waals surface area contributed by atoms with E-state index in [4.69, 9.17) is 18.1 Å². The standard InChI is InChI=1S/C16H30O6P2S/c1-5-9-11-21-23(17,19-7-3)15-13-25-14-16(15)24(18,20-8-4)22-12-10-6-2/h13-14H,5-12H2,1-4H3. The van der Waals surface area contributed by atoms with Gasteiger partial charge in [0.15, 0.2) is 0 Å². The summed E-state index contributed by atoms with van der Waals surface area (Å²) in [5, 5.41) is 3.91. The van der Waals surface area contributed by atoms with Crippen LogP contribution in [0, 0.1) is 0 Å². The van der Waals surface area contributed by atoms with E-state index >= 15 is 0 Å². The predicted molar refractivity (Wildman–Crippen MR) is 104 cm³/mol. The monoisotopic (exact) mass is 412 g/mol. The van der Waals surface area contributed by atoms with Gasteiger partial charge in [-0.25, -0.2) is 0 Å². The topological polar surface area (TPSA) is 71.1 Å². The van der Waals surface area contributed by atoms with Gasteiger partial charge < -0.3 is 18.1 Å². The highest BCUT2D eigenvalue weighted by Gasteiger charge is 2.39. The number of hydrogen-bond acceptors (Lipinski definition) is 7. The molecule has 0 fully saturated rings. The van der Waals surface area contributed by atoms with Crippen LogP contribution in [0.1, 0.15) is 53.4 Å². The Morgan fingerprint density at radius 1 is 0.760 bits per heavy atom. The quantitative estimate of drug-likeness (QED) is 0.313. The van der Waals surface area contributed by atoms with Crippen molar-refractivity contribution < 1.29 is 27.2 Å². The SMILES string of the molecule is CCCCOP(=O)(OCC)c1cscc1P(=O)(OCC)OCCCC. The molecule has 1 aromatic heterocycles. The molecule has 146 valence electrons. The lowest BCUT2D eigenvalue weighted by molar-refractivity contribution is 0.215. The van der Waals surface area contributed by atoms with Crippen LogP contribution in [0.2, 0.25) is 0 Å². The summed E-state index contributed by atoms with van der Waals surface area (Å²) < 4.78 is 48.7. The van der Waals surface area contributed by atoms with Crippen LogP contribution in [-0.2, 0) is 27.2 Å². The van der Waals surface area contributed by atoms with E-state index in [9.17, 15) is 9.13 Å². The average molecular weight is 412 g/mol. The Labute approximate surface area is 155 Å². The Kier molecular flexibility index (Phi) is 10.7. The van der Waals surface area contributed by atoms with Gasteiger partial charge >= 0.3 is 15.2 Å².